The van der Waals surface area contributed by atoms with E-state index < -0.39 is 23.9 Å². The van der Waals surface area contributed by atoms with E-state index in [9.17, 15) is 26.3 Å². The molecule has 2 rings (SSSR count). The van der Waals surface area contributed by atoms with Crippen molar-refractivity contribution in [2.24, 2.45) is 5.92 Å². The molecule has 2 aromatic heterocycles. The molecule has 0 radical (unpaired) electrons. The minimum Gasteiger partial charge on any atom is -0.237 e. The van der Waals surface area contributed by atoms with Crippen molar-refractivity contribution in [3.05, 3.63) is 35.7 Å². The van der Waals surface area contributed by atoms with Gasteiger partial charge in [0.25, 0.3) is 0 Å². The third-order valence-electron chi connectivity index (χ3n) is 3.48. The van der Waals surface area contributed by atoms with Crippen molar-refractivity contribution in [1.29, 1.82) is 0 Å². The highest BCUT2D eigenvalue weighted by molar-refractivity contribution is 5.30. The van der Waals surface area contributed by atoms with Crippen LogP contribution in [0.4, 0.5) is 26.3 Å². The van der Waals surface area contributed by atoms with Crippen molar-refractivity contribution in [3.8, 4) is 5.69 Å². The first-order valence-corrected chi connectivity index (χ1v) is 7.07. The van der Waals surface area contributed by atoms with Crippen LogP contribution in [0.15, 0.2) is 18.6 Å². The molecule has 0 fully saturated rings. The van der Waals surface area contributed by atoms with Gasteiger partial charge in [0.2, 0.25) is 5.82 Å². The summed E-state index contributed by atoms with van der Waals surface area (Å²) in [7, 11) is 0. The Bertz CT molecular complexity index is 687. The van der Waals surface area contributed by atoms with Gasteiger partial charge in [-0.05, 0) is 12.3 Å². The zero-order chi connectivity index (χ0) is 18.1. The van der Waals surface area contributed by atoms with Crippen LogP contribution in [0.5, 0.6) is 0 Å². The Morgan fingerprint density at radius 1 is 1.04 bits per heavy atom. The van der Waals surface area contributed by atoms with Gasteiger partial charge in [0.15, 0.2) is 5.69 Å². The summed E-state index contributed by atoms with van der Waals surface area (Å²) < 4.78 is 77.4. The van der Waals surface area contributed by atoms with E-state index in [-0.39, 0.29) is 23.6 Å². The van der Waals surface area contributed by atoms with Crippen LogP contribution < -0.4 is 0 Å². The van der Waals surface area contributed by atoms with Crippen molar-refractivity contribution in [2.45, 2.75) is 39.0 Å². The molecule has 0 saturated heterocycles. The molecule has 0 aliphatic rings. The number of alkyl halides is 6. The van der Waals surface area contributed by atoms with Crippen LogP contribution in [-0.2, 0) is 18.8 Å². The molecule has 132 valence electrons. The smallest absolute Gasteiger partial charge is 0.237 e. The van der Waals surface area contributed by atoms with Gasteiger partial charge in [0.05, 0.1) is 12.4 Å². The Labute approximate surface area is 133 Å². The van der Waals surface area contributed by atoms with Gasteiger partial charge in [-0.2, -0.15) is 31.4 Å². The van der Waals surface area contributed by atoms with Crippen molar-refractivity contribution >= 4 is 0 Å². The molecule has 2 aromatic rings. The number of rotatable bonds is 4. The lowest BCUT2D eigenvalue weighted by Crippen LogP contribution is -2.12. The molecular formula is C14H14F6N4. The highest BCUT2D eigenvalue weighted by atomic mass is 19.4. The zero-order valence-electron chi connectivity index (χ0n) is 12.8. The van der Waals surface area contributed by atoms with Crippen molar-refractivity contribution in [1.82, 2.24) is 19.7 Å². The molecule has 0 saturated carbocycles. The molecule has 0 aliphatic carbocycles. The first-order chi connectivity index (χ1) is 11.0. The standard InChI is InChI=1S/C14H14F6N4/c1-3-8(2)4-9-7-24(23-11(9)13(15,16)17)10-5-21-12(22-6-10)14(18,19)20/h5-8H,3-4H2,1-2H3. The Morgan fingerprint density at radius 2 is 1.62 bits per heavy atom. The summed E-state index contributed by atoms with van der Waals surface area (Å²) in [6, 6.07) is 0. The molecule has 4 nitrogen and oxygen atoms in total. The lowest BCUT2D eigenvalue weighted by Gasteiger charge is -2.09. The van der Waals surface area contributed by atoms with Gasteiger partial charge >= 0.3 is 12.4 Å². The summed E-state index contributed by atoms with van der Waals surface area (Å²) in [5, 5.41) is 3.46. The average Bonchev–Trinajstić information content (AvgIpc) is 2.90. The first kappa shape index (κ1) is 18.2. The fraction of sp³-hybridized carbons (Fsp3) is 0.500. The van der Waals surface area contributed by atoms with Crippen LogP contribution in [-0.4, -0.2) is 19.7 Å². The Morgan fingerprint density at radius 3 is 2.08 bits per heavy atom. The average molecular weight is 352 g/mol. The Hall–Kier alpha value is -2.13. The van der Waals surface area contributed by atoms with Gasteiger partial charge in [-0.15, -0.1) is 0 Å². The summed E-state index contributed by atoms with van der Waals surface area (Å²) in [6.45, 7) is 3.66. The number of aromatic nitrogens is 4. The quantitative estimate of drug-likeness (QED) is 0.771. The van der Waals surface area contributed by atoms with Gasteiger partial charge in [0.1, 0.15) is 5.69 Å². The van der Waals surface area contributed by atoms with Gasteiger partial charge < -0.3 is 0 Å². The summed E-state index contributed by atoms with van der Waals surface area (Å²) in [5.41, 5.74) is -1.15. The second-order valence-electron chi connectivity index (χ2n) is 5.43. The second kappa shape index (κ2) is 6.40. The summed E-state index contributed by atoms with van der Waals surface area (Å²) in [4.78, 5) is 6.25. The van der Waals surface area contributed by atoms with Crippen molar-refractivity contribution in [2.75, 3.05) is 0 Å². The molecule has 2 heterocycles. The van der Waals surface area contributed by atoms with Crippen LogP contribution in [0.25, 0.3) is 5.69 Å². The van der Waals surface area contributed by atoms with Crippen molar-refractivity contribution in [3.63, 3.8) is 0 Å². The molecule has 1 unspecified atom stereocenters. The predicted octanol–water partition coefficient (Wildman–Crippen LogP) is 4.29. The van der Waals surface area contributed by atoms with Crippen LogP contribution >= 0.6 is 0 Å². The number of halogens is 6. The molecule has 0 amide bonds. The topological polar surface area (TPSA) is 43.6 Å². The van der Waals surface area contributed by atoms with Crippen molar-refractivity contribution < 1.29 is 26.3 Å². The van der Waals surface area contributed by atoms with E-state index in [0.29, 0.717) is 6.42 Å². The Kier molecular flexibility index (Phi) is 4.86. The zero-order valence-corrected chi connectivity index (χ0v) is 12.8. The minimum atomic E-state index is -4.72. The molecule has 0 bridgehead atoms. The summed E-state index contributed by atoms with van der Waals surface area (Å²) in [5.74, 6) is -1.36. The fourth-order valence-electron chi connectivity index (χ4n) is 2.04. The first-order valence-electron chi connectivity index (χ1n) is 7.07. The number of hydrogen-bond acceptors (Lipinski definition) is 3. The number of nitrogens with zero attached hydrogens (tertiary/aromatic N) is 4. The minimum absolute atomic E-state index is 0.00704. The molecule has 0 N–H and O–H groups in total. The second-order valence-corrected chi connectivity index (χ2v) is 5.43. The molecule has 24 heavy (non-hydrogen) atoms. The predicted molar refractivity (Wildman–Crippen MR) is 72.3 cm³/mol. The monoisotopic (exact) mass is 352 g/mol. The van der Waals surface area contributed by atoms with E-state index in [1.165, 1.54) is 0 Å². The van der Waals surface area contributed by atoms with E-state index >= 15 is 0 Å². The largest absolute Gasteiger partial charge is 0.451 e. The SMILES string of the molecule is CCC(C)Cc1cn(-c2cnc(C(F)(F)F)nc2)nc1C(F)(F)F. The maximum atomic E-state index is 13.1. The highest BCUT2D eigenvalue weighted by Crippen LogP contribution is 2.33. The lowest BCUT2D eigenvalue weighted by atomic mass is 9.99. The van der Waals surface area contributed by atoms with Gasteiger partial charge in [0, 0.05) is 11.8 Å². The lowest BCUT2D eigenvalue weighted by molar-refractivity contribution is -0.145. The van der Waals surface area contributed by atoms with E-state index in [4.69, 9.17) is 0 Å². The molecule has 0 spiro atoms. The molecule has 1 atom stereocenters. The fourth-order valence-corrected chi connectivity index (χ4v) is 2.04. The molecule has 0 aromatic carbocycles. The van der Waals surface area contributed by atoms with Crippen LogP contribution in [0.2, 0.25) is 0 Å². The van der Waals surface area contributed by atoms with E-state index in [1.54, 1.807) is 6.92 Å². The molecular weight excluding hydrogens is 338 g/mol. The third-order valence-corrected chi connectivity index (χ3v) is 3.48. The highest BCUT2D eigenvalue weighted by Gasteiger charge is 2.38. The normalized spacial score (nSPS) is 14.0. The third kappa shape index (κ3) is 4.04. The van der Waals surface area contributed by atoms with Gasteiger partial charge in [-0.3, -0.25) is 0 Å². The van der Waals surface area contributed by atoms with Gasteiger partial charge in [-0.25, -0.2) is 14.6 Å². The Balaban J connectivity index is 2.40. The summed E-state index contributed by atoms with van der Waals surface area (Å²) in [6.07, 6.45) is -5.80. The van der Waals surface area contributed by atoms with E-state index in [0.717, 1.165) is 23.3 Å². The van der Waals surface area contributed by atoms with E-state index in [2.05, 4.69) is 15.1 Å². The van der Waals surface area contributed by atoms with Crippen LogP contribution in [0.1, 0.15) is 37.4 Å². The summed E-state index contributed by atoms with van der Waals surface area (Å²) >= 11 is 0. The number of hydrogen-bond donors (Lipinski definition) is 0. The molecule has 0 aliphatic heterocycles. The van der Waals surface area contributed by atoms with Crippen LogP contribution in [0.3, 0.4) is 0 Å². The van der Waals surface area contributed by atoms with Crippen LogP contribution in [0, 0.1) is 5.92 Å². The molecule has 10 heteroatoms. The van der Waals surface area contributed by atoms with E-state index in [1.807, 2.05) is 6.92 Å². The van der Waals surface area contributed by atoms with Gasteiger partial charge in [-0.1, -0.05) is 20.3 Å². The maximum Gasteiger partial charge on any atom is 0.451 e. The maximum absolute atomic E-state index is 13.1.